The summed E-state index contributed by atoms with van der Waals surface area (Å²) in [6.07, 6.45) is 2.91. The van der Waals surface area contributed by atoms with Crippen LogP contribution in [-0.2, 0) is 4.79 Å². The van der Waals surface area contributed by atoms with E-state index in [4.69, 9.17) is 11.6 Å². The van der Waals surface area contributed by atoms with E-state index in [1.54, 1.807) is 23.7 Å². The van der Waals surface area contributed by atoms with Gasteiger partial charge in [0.05, 0.1) is 11.4 Å². The highest BCUT2D eigenvalue weighted by Crippen LogP contribution is 2.24. The van der Waals surface area contributed by atoms with E-state index in [0.717, 1.165) is 16.9 Å². The molecule has 0 fully saturated rings. The molecule has 1 atom stereocenters. The first-order chi connectivity index (χ1) is 11.5. The maximum absolute atomic E-state index is 12.5. The monoisotopic (exact) mass is 344 g/mol. The molecule has 1 aromatic carbocycles. The van der Waals surface area contributed by atoms with Gasteiger partial charge in [-0.1, -0.05) is 11.6 Å². The first kappa shape index (κ1) is 16.2. The van der Waals surface area contributed by atoms with E-state index >= 15 is 0 Å². The Morgan fingerprint density at radius 2 is 1.96 bits per heavy atom. The molecule has 0 saturated carbocycles. The number of carbonyl (C=O) groups excluding carboxylic acids is 1. The normalized spacial score (nSPS) is 12.2. The second-order valence-electron chi connectivity index (χ2n) is 5.49. The first-order valence-electron chi connectivity index (χ1n) is 7.44. The van der Waals surface area contributed by atoms with Crippen LogP contribution in [0.4, 0.5) is 5.82 Å². The topological polar surface area (TPSA) is 77.6 Å². The number of amides is 1. The number of hydrogen-bond donors (Lipinski definition) is 1. The zero-order chi connectivity index (χ0) is 17.3. The molecule has 3 aromatic rings. The van der Waals surface area contributed by atoms with Crippen LogP contribution in [0.3, 0.4) is 0 Å². The number of aryl methyl sites for hydroxylation is 1. The van der Waals surface area contributed by atoms with Crippen LogP contribution >= 0.6 is 11.6 Å². The lowest BCUT2D eigenvalue weighted by atomic mass is 10.2. The molecular formula is C16H17ClN6O. The van der Waals surface area contributed by atoms with Crippen molar-refractivity contribution in [3.8, 4) is 5.69 Å². The van der Waals surface area contributed by atoms with Gasteiger partial charge in [-0.25, -0.2) is 14.3 Å². The fourth-order valence-corrected chi connectivity index (χ4v) is 2.41. The van der Waals surface area contributed by atoms with Gasteiger partial charge in [0.25, 0.3) is 0 Å². The summed E-state index contributed by atoms with van der Waals surface area (Å²) in [5.41, 5.74) is 2.57. The molecule has 0 aliphatic heterocycles. The predicted octanol–water partition coefficient (Wildman–Crippen LogP) is 2.93. The molecule has 7 nitrogen and oxygen atoms in total. The molecule has 0 spiro atoms. The van der Waals surface area contributed by atoms with Gasteiger partial charge in [-0.05, 0) is 45.0 Å². The standard InChI is InChI=1S/C16H17ClN6O/c1-10-11(2)21-23(14-6-4-13(17)5-7-14)15(10)20-16(24)12(3)22-9-18-8-19-22/h4-9,12H,1-3H3,(H,20,24)/t12-/m1/s1. The van der Waals surface area contributed by atoms with E-state index in [0.29, 0.717) is 10.8 Å². The van der Waals surface area contributed by atoms with Crippen LogP contribution in [0.2, 0.25) is 5.02 Å². The zero-order valence-electron chi connectivity index (χ0n) is 13.6. The fraction of sp³-hybridized carbons (Fsp3) is 0.250. The van der Waals surface area contributed by atoms with Gasteiger partial charge in [0, 0.05) is 10.6 Å². The molecule has 0 aliphatic carbocycles. The van der Waals surface area contributed by atoms with Gasteiger partial charge < -0.3 is 5.32 Å². The van der Waals surface area contributed by atoms with E-state index in [1.807, 2.05) is 26.0 Å². The third-order valence-corrected chi connectivity index (χ3v) is 4.14. The van der Waals surface area contributed by atoms with E-state index in [-0.39, 0.29) is 5.91 Å². The number of aromatic nitrogens is 5. The van der Waals surface area contributed by atoms with Crippen molar-refractivity contribution < 1.29 is 4.79 Å². The summed E-state index contributed by atoms with van der Waals surface area (Å²) in [6, 6.07) is 6.79. The number of carbonyl (C=O) groups is 1. The maximum atomic E-state index is 12.5. The number of nitrogens with zero attached hydrogens (tertiary/aromatic N) is 5. The Morgan fingerprint density at radius 1 is 1.25 bits per heavy atom. The van der Waals surface area contributed by atoms with Gasteiger partial charge >= 0.3 is 0 Å². The maximum Gasteiger partial charge on any atom is 0.250 e. The lowest BCUT2D eigenvalue weighted by Crippen LogP contribution is -2.25. The number of benzene rings is 1. The van der Waals surface area contributed by atoms with Gasteiger partial charge in [0.2, 0.25) is 5.91 Å². The molecular weight excluding hydrogens is 328 g/mol. The Bertz CT molecular complexity index is 854. The smallest absolute Gasteiger partial charge is 0.250 e. The summed E-state index contributed by atoms with van der Waals surface area (Å²) in [6.45, 7) is 5.58. The zero-order valence-corrected chi connectivity index (χ0v) is 14.3. The van der Waals surface area contributed by atoms with Crippen LogP contribution in [0, 0.1) is 13.8 Å². The Balaban J connectivity index is 1.93. The summed E-state index contributed by atoms with van der Waals surface area (Å²) in [7, 11) is 0. The van der Waals surface area contributed by atoms with Crippen molar-refractivity contribution in [3.05, 3.63) is 53.2 Å². The van der Waals surface area contributed by atoms with Gasteiger partial charge in [-0.2, -0.15) is 10.2 Å². The van der Waals surface area contributed by atoms with Gasteiger partial charge in [-0.15, -0.1) is 0 Å². The minimum atomic E-state index is -0.485. The van der Waals surface area contributed by atoms with Crippen molar-refractivity contribution in [2.45, 2.75) is 26.8 Å². The predicted molar refractivity (Wildman–Crippen MR) is 91.4 cm³/mol. The summed E-state index contributed by atoms with van der Waals surface area (Å²) in [5, 5.41) is 12.1. The average Bonchev–Trinajstić information content (AvgIpc) is 3.19. The van der Waals surface area contributed by atoms with E-state index in [1.165, 1.54) is 17.3 Å². The molecule has 2 heterocycles. The molecule has 8 heteroatoms. The average molecular weight is 345 g/mol. The summed E-state index contributed by atoms with van der Waals surface area (Å²) in [4.78, 5) is 16.4. The fourth-order valence-electron chi connectivity index (χ4n) is 2.28. The van der Waals surface area contributed by atoms with Crippen LogP contribution in [0.5, 0.6) is 0 Å². The number of hydrogen-bond acceptors (Lipinski definition) is 4. The first-order valence-corrected chi connectivity index (χ1v) is 7.82. The lowest BCUT2D eigenvalue weighted by molar-refractivity contribution is -0.119. The summed E-state index contributed by atoms with van der Waals surface area (Å²) >= 11 is 5.94. The van der Waals surface area contributed by atoms with E-state index in [9.17, 15) is 4.79 Å². The molecule has 3 rings (SSSR count). The van der Waals surface area contributed by atoms with Crippen molar-refractivity contribution >= 4 is 23.3 Å². The highest BCUT2D eigenvalue weighted by Gasteiger charge is 2.20. The minimum absolute atomic E-state index is 0.196. The van der Waals surface area contributed by atoms with Crippen LogP contribution in [0.15, 0.2) is 36.9 Å². The van der Waals surface area contributed by atoms with E-state index in [2.05, 4.69) is 20.5 Å². The number of halogens is 1. The molecule has 124 valence electrons. The molecule has 24 heavy (non-hydrogen) atoms. The quantitative estimate of drug-likeness (QED) is 0.789. The van der Waals surface area contributed by atoms with Crippen molar-refractivity contribution in [2.24, 2.45) is 0 Å². The number of anilines is 1. The highest BCUT2D eigenvalue weighted by atomic mass is 35.5. The van der Waals surface area contributed by atoms with Gasteiger partial charge in [0.15, 0.2) is 0 Å². The number of nitrogens with one attached hydrogen (secondary N) is 1. The molecule has 0 aliphatic rings. The van der Waals surface area contributed by atoms with Crippen LogP contribution in [0.1, 0.15) is 24.2 Å². The Morgan fingerprint density at radius 3 is 2.58 bits per heavy atom. The molecule has 1 N–H and O–H groups in total. The Kier molecular flexibility index (Phi) is 4.35. The minimum Gasteiger partial charge on any atom is -0.308 e. The molecule has 0 radical (unpaired) electrons. The molecule has 1 amide bonds. The lowest BCUT2D eigenvalue weighted by Gasteiger charge is -2.14. The van der Waals surface area contributed by atoms with Crippen LogP contribution in [-0.4, -0.2) is 30.5 Å². The molecule has 2 aromatic heterocycles. The SMILES string of the molecule is Cc1nn(-c2ccc(Cl)cc2)c(NC(=O)[C@@H](C)n2cncn2)c1C. The second kappa shape index (κ2) is 6.45. The molecule has 0 saturated heterocycles. The largest absolute Gasteiger partial charge is 0.308 e. The van der Waals surface area contributed by atoms with Gasteiger partial charge in [-0.3, -0.25) is 4.79 Å². The van der Waals surface area contributed by atoms with Crippen molar-refractivity contribution in [2.75, 3.05) is 5.32 Å². The molecule has 0 bridgehead atoms. The van der Waals surface area contributed by atoms with Gasteiger partial charge in [0.1, 0.15) is 24.5 Å². The van der Waals surface area contributed by atoms with E-state index < -0.39 is 6.04 Å². The van der Waals surface area contributed by atoms with Crippen molar-refractivity contribution in [1.29, 1.82) is 0 Å². The highest BCUT2D eigenvalue weighted by molar-refractivity contribution is 6.30. The number of rotatable bonds is 4. The Labute approximate surface area is 144 Å². The Hall–Kier alpha value is -2.67. The van der Waals surface area contributed by atoms with Crippen LogP contribution < -0.4 is 5.32 Å². The third-order valence-electron chi connectivity index (χ3n) is 3.89. The van der Waals surface area contributed by atoms with Crippen molar-refractivity contribution in [1.82, 2.24) is 24.5 Å². The van der Waals surface area contributed by atoms with Crippen LogP contribution in [0.25, 0.3) is 5.69 Å². The summed E-state index contributed by atoms with van der Waals surface area (Å²) < 4.78 is 3.20. The third kappa shape index (κ3) is 3.03. The summed E-state index contributed by atoms with van der Waals surface area (Å²) in [5.74, 6) is 0.436. The second-order valence-corrected chi connectivity index (χ2v) is 5.92. The van der Waals surface area contributed by atoms with Crippen molar-refractivity contribution in [3.63, 3.8) is 0 Å². The molecule has 0 unspecified atom stereocenters.